The van der Waals surface area contributed by atoms with Gasteiger partial charge in [-0.15, -0.1) is 0 Å². The Morgan fingerprint density at radius 2 is 2.12 bits per heavy atom. The molecule has 0 bridgehead atoms. The van der Waals surface area contributed by atoms with Crippen molar-refractivity contribution >= 4 is 17.4 Å². The molecule has 16 heavy (non-hydrogen) atoms. The van der Waals surface area contributed by atoms with Crippen LogP contribution in [0, 0.1) is 0 Å². The first-order valence-electron chi connectivity index (χ1n) is 5.62. The number of carbonyl (C=O) groups is 1. The summed E-state index contributed by atoms with van der Waals surface area (Å²) >= 11 is 5.99. The predicted octanol–water partition coefficient (Wildman–Crippen LogP) is 2.84. The number of carbonyl (C=O) groups excluding carboxylic acids is 1. The Balaban J connectivity index is 2.43. The maximum Gasteiger partial charge on any atom is 0.151 e. The number of hydrogen-bond acceptors (Lipinski definition) is 2. The average molecular weight is 240 g/mol. The maximum absolute atomic E-state index is 11.7. The quantitative estimate of drug-likeness (QED) is 0.827. The van der Waals surface area contributed by atoms with Crippen molar-refractivity contribution in [2.75, 3.05) is 6.54 Å². The van der Waals surface area contributed by atoms with Crippen molar-refractivity contribution in [3.05, 3.63) is 34.9 Å². The lowest BCUT2D eigenvalue weighted by molar-refractivity contribution is -0.117. The molecule has 1 rings (SSSR count). The van der Waals surface area contributed by atoms with E-state index in [1.165, 1.54) is 0 Å². The van der Waals surface area contributed by atoms with Crippen LogP contribution in [0.4, 0.5) is 0 Å². The molecule has 1 atom stereocenters. The van der Waals surface area contributed by atoms with E-state index < -0.39 is 0 Å². The zero-order valence-corrected chi connectivity index (χ0v) is 10.6. The molecule has 0 radical (unpaired) electrons. The molecular formula is C13H18ClNO. The number of ketones is 1. The minimum Gasteiger partial charge on any atom is -0.307 e. The first-order chi connectivity index (χ1) is 7.63. The fraction of sp³-hybridized carbons (Fsp3) is 0.462. The summed E-state index contributed by atoms with van der Waals surface area (Å²) in [4.78, 5) is 11.7. The van der Waals surface area contributed by atoms with Crippen LogP contribution in [0.3, 0.4) is 0 Å². The van der Waals surface area contributed by atoms with Gasteiger partial charge in [-0.2, -0.15) is 0 Å². The molecule has 1 unspecified atom stereocenters. The van der Waals surface area contributed by atoms with Crippen LogP contribution in [-0.2, 0) is 11.2 Å². The Morgan fingerprint density at radius 1 is 1.44 bits per heavy atom. The van der Waals surface area contributed by atoms with Gasteiger partial charge in [0.2, 0.25) is 0 Å². The summed E-state index contributed by atoms with van der Waals surface area (Å²) in [5.41, 5.74) is 0.903. The molecule has 0 aliphatic rings. The lowest BCUT2D eigenvalue weighted by atomic mass is 10.1. The molecule has 0 amide bonds. The highest BCUT2D eigenvalue weighted by atomic mass is 35.5. The van der Waals surface area contributed by atoms with E-state index in [4.69, 9.17) is 11.6 Å². The predicted molar refractivity (Wildman–Crippen MR) is 67.9 cm³/mol. The third-order valence-corrected chi connectivity index (χ3v) is 2.97. The van der Waals surface area contributed by atoms with Gasteiger partial charge in [0.05, 0.1) is 6.54 Å². The molecule has 0 aliphatic heterocycles. The zero-order valence-electron chi connectivity index (χ0n) is 9.79. The highest BCUT2D eigenvalue weighted by molar-refractivity contribution is 6.31. The molecule has 2 nitrogen and oxygen atoms in total. The molecule has 1 N–H and O–H groups in total. The Kier molecular flexibility index (Phi) is 5.50. The summed E-state index contributed by atoms with van der Waals surface area (Å²) in [5.74, 6) is 0.174. The Labute approximate surface area is 102 Å². The molecule has 0 fully saturated rings. The minimum absolute atomic E-state index is 0.174. The molecule has 0 heterocycles. The second-order valence-corrected chi connectivity index (χ2v) is 4.40. The Morgan fingerprint density at radius 3 is 2.75 bits per heavy atom. The number of nitrogens with one attached hydrogen (secondary N) is 1. The third kappa shape index (κ3) is 4.33. The van der Waals surface area contributed by atoms with Crippen molar-refractivity contribution in [1.82, 2.24) is 5.32 Å². The first-order valence-corrected chi connectivity index (χ1v) is 5.99. The number of benzene rings is 1. The van der Waals surface area contributed by atoms with E-state index in [-0.39, 0.29) is 5.78 Å². The van der Waals surface area contributed by atoms with Crippen molar-refractivity contribution in [2.24, 2.45) is 0 Å². The van der Waals surface area contributed by atoms with Gasteiger partial charge in [0.1, 0.15) is 0 Å². The van der Waals surface area contributed by atoms with Crippen molar-refractivity contribution in [3.8, 4) is 0 Å². The van der Waals surface area contributed by atoms with Crippen molar-refractivity contribution in [3.63, 3.8) is 0 Å². The van der Waals surface area contributed by atoms with E-state index in [2.05, 4.69) is 19.2 Å². The van der Waals surface area contributed by atoms with Gasteiger partial charge in [-0.25, -0.2) is 0 Å². The number of halogens is 1. The van der Waals surface area contributed by atoms with E-state index in [1.54, 1.807) is 0 Å². The highest BCUT2D eigenvalue weighted by Gasteiger charge is 2.07. The van der Waals surface area contributed by atoms with E-state index in [0.717, 1.165) is 12.0 Å². The molecule has 1 aromatic rings. The fourth-order valence-electron chi connectivity index (χ4n) is 1.35. The van der Waals surface area contributed by atoms with E-state index in [1.807, 2.05) is 24.3 Å². The summed E-state index contributed by atoms with van der Waals surface area (Å²) in [6, 6.07) is 7.86. The van der Waals surface area contributed by atoms with Gasteiger partial charge in [0, 0.05) is 17.5 Å². The Bertz CT molecular complexity index is 352. The number of hydrogen-bond donors (Lipinski definition) is 1. The normalized spacial score (nSPS) is 12.4. The summed E-state index contributed by atoms with van der Waals surface area (Å²) in [6.45, 7) is 4.58. The van der Waals surface area contributed by atoms with Crippen LogP contribution in [0.2, 0.25) is 5.02 Å². The van der Waals surface area contributed by atoms with Crippen molar-refractivity contribution in [1.29, 1.82) is 0 Å². The summed E-state index contributed by atoms with van der Waals surface area (Å²) in [6.07, 6.45) is 1.43. The van der Waals surface area contributed by atoms with Gasteiger partial charge >= 0.3 is 0 Å². The smallest absolute Gasteiger partial charge is 0.151 e. The summed E-state index contributed by atoms with van der Waals surface area (Å²) in [7, 11) is 0. The monoisotopic (exact) mass is 239 g/mol. The number of Topliss-reactive ketones (excluding diaryl/α,β-unsaturated/α-hetero) is 1. The minimum atomic E-state index is 0.174. The lowest BCUT2D eigenvalue weighted by Crippen LogP contribution is -2.31. The van der Waals surface area contributed by atoms with E-state index in [0.29, 0.717) is 24.0 Å². The van der Waals surface area contributed by atoms with Crippen molar-refractivity contribution in [2.45, 2.75) is 32.7 Å². The van der Waals surface area contributed by atoms with Crippen LogP contribution in [0.25, 0.3) is 0 Å². The fourth-order valence-corrected chi connectivity index (χ4v) is 1.55. The van der Waals surface area contributed by atoms with Crippen molar-refractivity contribution < 1.29 is 4.79 Å². The van der Waals surface area contributed by atoms with Crippen LogP contribution in [0.1, 0.15) is 25.8 Å². The molecule has 0 saturated heterocycles. The van der Waals surface area contributed by atoms with Gasteiger partial charge in [-0.1, -0.05) is 36.7 Å². The van der Waals surface area contributed by atoms with Gasteiger partial charge in [0.25, 0.3) is 0 Å². The van der Waals surface area contributed by atoms with Crippen LogP contribution >= 0.6 is 11.6 Å². The largest absolute Gasteiger partial charge is 0.307 e. The van der Waals surface area contributed by atoms with Gasteiger partial charge in [-0.3, -0.25) is 4.79 Å². The van der Waals surface area contributed by atoms with Crippen LogP contribution < -0.4 is 5.32 Å². The molecule has 0 aromatic heterocycles. The average Bonchev–Trinajstić information content (AvgIpc) is 2.29. The molecule has 0 saturated carbocycles. The molecule has 0 spiro atoms. The summed E-state index contributed by atoms with van der Waals surface area (Å²) in [5, 5.41) is 3.85. The third-order valence-electron chi connectivity index (χ3n) is 2.61. The van der Waals surface area contributed by atoms with Crippen LogP contribution in [0.5, 0.6) is 0 Å². The van der Waals surface area contributed by atoms with Crippen LogP contribution in [-0.4, -0.2) is 18.4 Å². The van der Waals surface area contributed by atoms with Gasteiger partial charge in [0.15, 0.2) is 5.78 Å². The van der Waals surface area contributed by atoms with E-state index >= 15 is 0 Å². The molecule has 1 aromatic carbocycles. The number of rotatable bonds is 6. The summed E-state index contributed by atoms with van der Waals surface area (Å²) < 4.78 is 0. The molecular weight excluding hydrogens is 222 g/mol. The topological polar surface area (TPSA) is 29.1 Å². The standard InChI is InChI=1S/C13H18ClNO/c1-3-10(2)15-9-12(16)8-11-6-4-5-7-13(11)14/h4-7,10,15H,3,8-9H2,1-2H3. The SMILES string of the molecule is CCC(C)NCC(=O)Cc1ccccc1Cl. The maximum atomic E-state index is 11.7. The zero-order chi connectivity index (χ0) is 12.0. The first kappa shape index (κ1) is 13.2. The molecule has 88 valence electrons. The van der Waals surface area contributed by atoms with E-state index in [9.17, 15) is 4.79 Å². The van der Waals surface area contributed by atoms with Gasteiger partial charge in [-0.05, 0) is 25.0 Å². The molecule has 0 aliphatic carbocycles. The highest BCUT2D eigenvalue weighted by Crippen LogP contribution is 2.15. The lowest BCUT2D eigenvalue weighted by Gasteiger charge is -2.10. The molecule has 3 heteroatoms. The second-order valence-electron chi connectivity index (χ2n) is 4.00. The van der Waals surface area contributed by atoms with Crippen LogP contribution in [0.15, 0.2) is 24.3 Å². The second kappa shape index (κ2) is 6.66. The van der Waals surface area contributed by atoms with Gasteiger partial charge < -0.3 is 5.32 Å². The Hall–Kier alpha value is -0.860.